The summed E-state index contributed by atoms with van der Waals surface area (Å²) in [5.74, 6) is -0.319. The van der Waals surface area contributed by atoms with Crippen LogP contribution >= 0.6 is 23.2 Å². The molecule has 0 saturated carbocycles. The summed E-state index contributed by atoms with van der Waals surface area (Å²) < 4.78 is 13.9. The van der Waals surface area contributed by atoms with Crippen LogP contribution in [0.1, 0.15) is 5.56 Å². The smallest absolute Gasteiger partial charge is 0.239 e. The Morgan fingerprint density at radius 3 is 2.52 bits per heavy atom. The first-order chi connectivity index (χ1) is 13.0. The van der Waals surface area contributed by atoms with Gasteiger partial charge in [-0.15, -0.1) is 0 Å². The summed E-state index contributed by atoms with van der Waals surface area (Å²) in [6.45, 7) is 0.361. The second kappa shape index (κ2) is 8.79. The van der Waals surface area contributed by atoms with Gasteiger partial charge in [-0.05, 0) is 41.4 Å². The third-order valence-electron chi connectivity index (χ3n) is 3.68. The zero-order valence-electron chi connectivity index (χ0n) is 14.0. The number of carbonyl (C=O) groups is 1. The SMILES string of the molecule is O=C(CNc1cc(-c2ccccc2F)nc(Cl)n1)NCc1ccc(Cl)cc1. The predicted molar refractivity (Wildman–Crippen MR) is 104 cm³/mol. The van der Waals surface area contributed by atoms with Gasteiger partial charge in [-0.25, -0.2) is 14.4 Å². The number of rotatable bonds is 6. The summed E-state index contributed by atoms with van der Waals surface area (Å²) in [6, 6.07) is 14.9. The van der Waals surface area contributed by atoms with E-state index >= 15 is 0 Å². The maximum absolute atomic E-state index is 13.9. The molecule has 0 radical (unpaired) electrons. The van der Waals surface area contributed by atoms with Crippen molar-refractivity contribution in [3.8, 4) is 11.3 Å². The number of hydrogen-bond donors (Lipinski definition) is 2. The Hall–Kier alpha value is -2.70. The summed E-state index contributed by atoms with van der Waals surface area (Å²) in [4.78, 5) is 20.1. The molecule has 0 atom stereocenters. The van der Waals surface area contributed by atoms with Gasteiger partial charge in [-0.3, -0.25) is 4.79 Å². The molecular weight excluding hydrogens is 390 g/mol. The Morgan fingerprint density at radius 2 is 1.78 bits per heavy atom. The number of amides is 1. The minimum absolute atomic E-state index is 0.0162. The van der Waals surface area contributed by atoms with E-state index in [9.17, 15) is 9.18 Å². The lowest BCUT2D eigenvalue weighted by Crippen LogP contribution is -2.29. The molecule has 0 spiro atoms. The number of anilines is 1. The standard InChI is InChI=1S/C19H15Cl2FN4O/c20-13-7-5-12(6-8-13)10-24-18(27)11-23-17-9-16(25-19(21)26-17)14-3-1-2-4-15(14)22/h1-9H,10-11H2,(H,24,27)(H,23,25,26). The summed E-state index contributed by atoms with van der Waals surface area (Å²) in [7, 11) is 0. The fraction of sp³-hybridized carbons (Fsp3) is 0.105. The molecule has 2 N–H and O–H groups in total. The van der Waals surface area contributed by atoms with E-state index in [1.807, 2.05) is 12.1 Å². The van der Waals surface area contributed by atoms with Gasteiger partial charge in [-0.1, -0.05) is 35.9 Å². The molecule has 27 heavy (non-hydrogen) atoms. The van der Waals surface area contributed by atoms with Gasteiger partial charge in [0.15, 0.2) is 0 Å². The summed E-state index contributed by atoms with van der Waals surface area (Å²) >= 11 is 11.8. The van der Waals surface area contributed by atoms with Crippen LogP contribution in [-0.4, -0.2) is 22.4 Å². The van der Waals surface area contributed by atoms with E-state index < -0.39 is 5.82 Å². The molecule has 0 bridgehead atoms. The highest BCUT2D eigenvalue weighted by atomic mass is 35.5. The average molecular weight is 405 g/mol. The minimum Gasteiger partial charge on any atom is -0.361 e. The Balaban J connectivity index is 1.61. The first-order valence-electron chi connectivity index (χ1n) is 8.06. The third-order valence-corrected chi connectivity index (χ3v) is 4.10. The van der Waals surface area contributed by atoms with Crippen LogP contribution in [0.15, 0.2) is 54.6 Å². The van der Waals surface area contributed by atoms with Crippen LogP contribution in [0, 0.1) is 5.82 Å². The largest absolute Gasteiger partial charge is 0.361 e. The molecule has 1 aromatic heterocycles. The van der Waals surface area contributed by atoms with E-state index in [-0.39, 0.29) is 17.7 Å². The Labute approximate surface area is 165 Å². The third kappa shape index (κ3) is 5.39. The molecule has 5 nitrogen and oxygen atoms in total. The highest BCUT2D eigenvalue weighted by Crippen LogP contribution is 2.23. The number of carbonyl (C=O) groups excluding carboxylic acids is 1. The molecule has 3 rings (SSSR count). The fourth-order valence-electron chi connectivity index (χ4n) is 2.35. The molecule has 2 aromatic carbocycles. The lowest BCUT2D eigenvalue weighted by molar-refractivity contribution is -0.119. The predicted octanol–water partition coefficient (Wildman–Crippen LogP) is 4.32. The van der Waals surface area contributed by atoms with Crippen molar-refractivity contribution in [1.29, 1.82) is 0 Å². The normalized spacial score (nSPS) is 10.5. The van der Waals surface area contributed by atoms with Crippen molar-refractivity contribution in [1.82, 2.24) is 15.3 Å². The van der Waals surface area contributed by atoms with Gasteiger partial charge in [-0.2, -0.15) is 0 Å². The van der Waals surface area contributed by atoms with E-state index in [4.69, 9.17) is 23.2 Å². The molecule has 0 aliphatic heterocycles. The number of nitrogens with one attached hydrogen (secondary N) is 2. The van der Waals surface area contributed by atoms with Crippen LogP contribution in [0.2, 0.25) is 10.3 Å². The van der Waals surface area contributed by atoms with Crippen LogP contribution in [0.3, 0.4) is 0 Å². The lowest BCUT2D eigenvalue weighted by atomic mass is 10.1. The van der Waals surface area contributed by atoms with Gasteiger partial charge in [0.1, 0.15) is 11.6 Å². The van der Waals surface area contributed by atoms with E-state index in [0.29, 0.717) is 28.6 Å². The Kier molecular flexibility index (Phi) is 6.21. The van der Waals surface area contributed by atoms with Crippen LogP contribution in [0.5, 0.6) is 0 Å². The van der Waals surface area contributed by atoms with Crippen molar-refractivity contribution in [2.24, 2.45) is 0 Å². The second-order valence-corrected chi connectivity index (χ2v) is 6.42. The topological polar surface area (TPSA) is 66.9 Å². The monoisotopic (exact) mass is 404 g/mol. The summed E-state index contributed by atoms with van der Waals surface area (Å²) in [5.41, 5.74) is 1.56. The van der Waals surface area contributed by atoms with Crippen molar-refractivity contribution in [2.45, 2.75) is 6.54 Å². The molecule has 0 aliphatic carbocycles. The molecule has 0 unspecified atom stereocenters. The van der Waals surface area contributed by atoms with E-state index in [2.05, 4.69) is 20.6 Å². The van der Waals surface area contributed by atoms with Gasteiger partial charge < -0.3 is 10.6 Å². The van der Waals surface area contributed by atoms with Crippen molar-refractivity contribution in [2.75, 3.05) is 11.9 Å². The van der Waals surface area contributed by atoms with Gasteiger partial charge in [0.05, 0.1) is 12.2 Å². The highest BCUT2D eigenvalue weighted by molar-refractivity contribution is 6.30. The van der Waals surface area contributed by atoms with Gasteiger partial charge in [0, 0.05) is 23.2 Å². The average Bonchev–Trinajstić information content (AvgIpc) is 2.66. The number of hydrogen-bond acceptors (Lipinski definition) is 4. The Morgan fingerprint density at radius 1 is 1.04 bits per heavy atom. The molecule has 1 amide bonds. The molecule has 138 valence electrons. The summed E-state index contributed by atoms with van der Waals surface area (Å²) in [6.07, 6.45) is 0. The highest BCUT2D eigenvalue weighted by Gasteiger charge is 2.10. The fourth-order valence-corrected chi connectivity index (χ4v) is 2.66. The van der Waals surface area contributed by atoms with Crippen LogP contribution < -0.4 is 10.6 Å². The quantitative estimate of drug-likeness (QED) is 0.600. The van der Waals surface area contributed by atoms with Crippen LogP contribution in [0.25, 0.3) is 11.3 Å². The van der Waals surface area contributed by atoms with Crippen LogP contribution in [0.4, 0.5) is 10.2 Å². The van der Waals surface area contributed by atoms with Crippen LogP contribution in [-0.2, 0) is 11.3 Å². The van der Waals surface area contributed by atoms with E-state index in [1.54, 1.807) is 30.3 Å². The number of halogens is 3. The zero-order valence-corrected chi connectivity index (χ0v) is 15.6. The number of benzene rings is 2. The van der Waals surface area contributed by atoms with Crippen molar-refractivity contribution in [3.63, 3.8) is 0 Å². The minimum atomic E-state index is -0.418. The van der Waals surface area contributed by atoms with E-state index in [1.165, 1.54) is 12.1 Å². The molecule has 8 heteroatoms. The number of aromatic nitrogens is 2. The van der Waals surface area contributed by atoms with E-state index in [0.717, 1.165) is 5.56 Å². The van der Waals surface area contributed by atoms with Crippen molar-refractivity contribution in [3.05, 3.63) is 76.3 Å². The maximum atomic E-state index is 13.9. The number of nitrogens with zero attached hydrogens (tertiary/aromatic N) is 2. The van der Waals surface area contributed by atoms with Gasteiger partial charge >= 0.3 is 0 Å². The zero-order chi connectivity index (χ0) is 19.2. The Bertz CT molecular complexity index is 951. The molecule has 3 aromatic rings. The first-order valence-corrected chi connectivity index (χ1v) is 8.81. The van der Waals surface area contributed by atoms with Crippen molar-refractivity contribution < 1.29 is 9.18 Å². The molecule has 0 saturated heterocycles. The molecule has 1 heterocycles. The van der Waals surface area contributed by atoms with Crippen molar-refractivity contribution >= 4 is 34.9 Å². The molecule has 0 aliphatic rings. The summed E-state index contributed by atoms with van der Waals surface area (Å²) in [5, 5.41) is 6.24. The lowest BCUT2D eigenvalue weighted by Gasteiger charge is -2.09. The van der Waals surface area contributed by atoms with Gasteiger partial charge in [0.25, 0.3) is 0 Å². The maximum Gasteiger partial charge on any atom is 0.239 e. The molecule has 0 fully saturated rings. The second-order valence-electron chi connectivity index (χ2n) is 5.64. The van der Waals surface area contributed by atoms with Gasteiger partial charge in [0.2, 0.25) is 11.2 Å². The molecular formula is C19H15Cl2FN4O. The first kappa shape index (κ1) is 19.1.